The number of benzene rings is 2. The highest BCUT2D eigenvalue weighted by molar-refractivity contribution is 7.92. The van der Waals surface area contributed by atoms with Crippen LogP contribution in [0.4, 0.5) is 35.1 Å². The van der Waals surface area contributed by atoms with Gasteiger partial charge in [0.05, 0.1) is 11.3 Å². The van der Waals surface area contributed by atoms with Gasteiger partial charge in [0.15, 0.2) is 9.84 Å². The Bertz CT molecular complexity index is 1440. The first-order chi connectivity index (χ1) is 18.9. The van der Waals surface area contributed by atoms with Crippen molar-refractivity contribution in [3.8, 4) is 0 Å². The Balaban J connectivity index is 1.88. The number of halogens is 8. The van der Waals surface area contributed by atoms with Gasteiger partial charge in [-0.25, -0.2) is 17.2 Å². The monoisotopic (exact) mass is 613 g/mol. The summed E-state index contributed by atoms with van der Waals surface area (Å²) in [4.78, 5) is 23.4. The molecule has 2 N–H and O–H groups in total. The van der Waals surface area contributed by atoms with Gasteiger partial charge in [-0.2, -0.15) is 26.3 Å². The number of carbonyl (C=O) groups excluding carboxylic acids is 1. The molecule has 0 saturated heterocycles. The van der Waals surface area contributed by atoms with Crippen molar-refractivity contribution in [2.24, 2.45) is 11.8 Å². The number of hydrogen-bond acceptors (Lipinski definition) is 4. The molecule has 41 heavy (non-hydrogen) atoms. The number of carboxylic acids is 1. The molecular formula is C26H23F8NO5S. The molecule has 15 heteroatoms. The molecule has 0 unspecified atom stereocenters. The second kappa shape index (κ2) is 10.2. The van der Waals surface area contributed by atoms with Crippen LogP contribution in [0.3, 0.4) is 0 Å². The van der Waals surface area contributed by atoms with Crippen molar-refractivity contribution >= 4 is 21.7 Å². The number of nitrogens with one attached hydrogen (secondary N) is 1. The van der Waals surface area contributed by atoms with Gasteiger partial charge in [-0.15, -0.1) is 0 Å². The lowest BCUT2D eigenvalue weighted by atomic mass is 9.72. The number of carboxylic acid groups (broad SMARTS) is 1. The summed E-state index contributed by atoms with van der Waals surface area (Å²) in [5.41, 5.74) is -7.91. The van der Waals surface area contributed by atoms with Crippen molar-refractivity contribution in [2.45, 2.75) is 59.8 Å². The van der Waals surface area contributed by atoms with Crippen LogP contribution in [0.2, 0.25) is 0 Å². The van der Waals surface area contributed by atoms with Crippen molar-refractivity contribution in [3.63, 3.8) is 0 Å². The van der Waals surface area contributed by atoms with E-state index >= 15 is 0 Å². The van der Waals surface area contributed by atoms with E-state index in [1.807, 2.05) is 0 Å². The Labute approximate surface area is 228 Å². The van der Waals surface area contributed by atoms with Crippen molar-refractivity contribution in [3.05, 3.63) is 65.0 Å². The maximum absolute atomic E-state index is 14.9. The van der Waals surface area contributed by atoms with Crippen LogP contribution in [0.25, 0.3) is 0 Å². The van der Waals surface area contributed by atoms with Crippen LogP contribution in [0.5, 0.6) is 0 Å². The molecule has 4 rings (SSSR count). The average Bonchev–Trinajstić information content (AvgIpc) is 3.28. The number of amides is 1. The molecule has 1 saturated carbocycles. The summed E-state index contributed by atoms with van der Waals surface area (Å²) in [5, 5.41) is 11.3. The molecule has 2 aromatic rings. The second-order valence-corrected chi connectivity index (χ2v) is 12.3. The van der Waals surface area contributed by atoms with Crippen LogP contribution < -0.4 is 5.32 Å². The summed E-state index contributed by atoms with van der Waals surface area (Å²) < 4.78 is 135. The smallest absolute Gasteiger partial charge is 0.435 e. The van der Waals surface area contributed by atoms with Crippen LogP contribution in [-0.2, 0) is 36.3 Å². The van der Waals surface area contributed by atoms with Gasteiger partial charge in [-0.3, -0.25) is 9.59 Å². The first kappa shape index (κ1) is 30.7. The molecule has 2 aliphatic carbocycles. The largest absolute Gasteiger partial charge is 0.481 e. The summed E-state index contributed by atoms with van der Waals surface area (Å²) in [6.45, 7) is -0.261. The molecule has 0 radical (unpaired) electrons. The fourth-order valence-electron chi connectivity index (χ4n) is 6.12. The van der Waals surface area contributed by atoms with Gasteiger partial charge >= 0.3 is 24.0 Å². The molecule has 1 fully saturated rings. The molecule has 0 aliphatic heterocycles. The molecule has 2 aromatic carbocycles. The Morgan fingerprint density at radius 2 is 1.56 bits per heavy atom. The van der Waals surface area contributed by atoms with Crippen LogP contribution in [0, 0.1) is 17.7 Å². The van der Waals surface area contributed by atoms with Gasteiger partial charge in [-0.05, 0) is 67.0 Å². The van der Waals surface area contributed by atoms with E-state index in [1.165, 1.54) is 0 Å². The number of fused-ring (bicyclic) bond motifs is 3. The molecule has 224 valence electrons. The van der Waals surface area contributed by atoms with Gasteiger partial charge in [0.2, 0.25) is 5.91 Å². The normalized spacial score (nSPS) is 23.0. The maximum atomic E-state index is 14.9. The van der Waals surface area contributed by atoms with Gasteiger partial charge in [0.1, 0.15) is 10.6 Å². The third-order valence-electron chi connectivity index (χ3n) is 7.95. The average molecular weight is 614 g/mol. The molecule has 2 aliphatic rings. The zero-order valence-electron chi connectivity index (χ0n) is 21.0. The lowest BCUT2D eigenvalue weighted by Crippen LogP contribution is -2.51. The van der Waals surface area contributed by atoms with Gasteiger partial charge in [0.25, 0.3) is 0 Å². The number of rotatable bonds is 7. The Morgan fingerprint density at radius 1 is 0.951 bits per heavy atom. The van der Waals surface area contributed by atoms with E-state index in [1.54, 1.807) is 0 Å². The predicted octanol–water partition coefficient (Wildman–Crippen LogP) is 5.35. The van der Waals surface area contributed by atoms with Crippen molar-refractivity contribution in [2.75, 3.05) is 6.54 Å². The van der Waals surface area contributed by atoms with E-state index in [2.05, 4.69) is 5.32 Å². The number of alkyl halides is 7. The molecular weight excluding hydrogens is 590 g/mol. The summed E-state index contributed by atoms with van der Waals surface area (Å²) in [7, 11) is -4.58. The van der Waals surface area contributed by atoms with E-state index < -0.39 is 79.0 Å². The highest BCUT2D eigenvalue weighted by Gasteiger charge is 2.73. The third-order valence-corrected chi connectivity index (χ3v) is 10.5. The first-order valence-electron chi connectivity index (χ1n) is 12.3. The summed E-state index contributed by atoms with van der Waals surface area (Å²) in [5.74, 6) is -4.66. The zero-order chi connectivity index (χ0) is 30.6. The van der Waals surface area contributed by atoms with E-state index in [-0.39, 0.29) is 49.4 Å². The topological polar surface area (TPSA) is 101 Å². The lowest BCUT2D eigenvalue weighted by molar-refractivity contribution is -0.348. The Hall–Kier alpha value is -3.23. The van der Waals surface area contributed by atoms with Crippen LogP contribution in [0.15, 0.2) is 47.4 Å². The van der Waals surface area contributed by atoms with Crippen LogP contribution in [0.1, 0.15) is 42.4 Å². The van der Waals surface area contributed by atoms with E-state index in [0.717, 1.165) is 30.3 Å². The molecule has 1 amide bonds. The number of aliphatic carboxylic acids is 1. The van der Waals surface area contributed by atoms with E-state index in [0.29, 0.717) is 6.07 Å². The highest BCUT2D eigenvalue weighted by atomic mass is 32.2. The minimum atomic E-state index is -6.37. The van der Waals surface area contributed by atoms with Crippen LogP contribution in [-0.4, -0.2) is 44.3 Å². The quantitative estimate of drug-likeness (QED) is 0.324. The number of carbonyl (C=O) groups is 2. The molecule has 0 aromatic heterocycles. The molecule has 6 nitrogen and oxygen atoms in total. The standard InChI is InChI=1S/C26H23F8NO5S/c27-16-3-5-17(6-4-16)41(39,40)23-11-9-18(22(38)35-12-10-21(36)37)20(23)7-1-14-13-15(2-8-19(14)23)24(28,25(29,30)31)26(32,33)34/h2-6,8,13,18,20H,1,7,9-12H2,(H,35,38)(H,36,37)/t18-,20+,23-/m1/s1. The van der Waals surface area contributed by atoms with E-state index in [9.17, 15) is 53.1 Å². The van der Waals surface area contributed by atoms with Crippen molar-refractivity contribution < 1.29 is 58.2 Å². The fourth-order valence-corrected chi connectivity index (χ4v) is 8.59. The summed E-state index contributed by atoms with van der Waals surface area (Å²) >= 11 is 0. The first-order valence-corrected chi connectivity index (χ1v) is 13.8. The molecule has 0 spiro atoms. The molecule has 0 heterocycles. The summed E-state index contributed by atoms with van der Waals surface area (Å²) in [6, 6.07) is 4.99. The Morgan fingerprint density at radius 3 is 2.12 bits per heavy atom. The Kier molecular flexibility index (Phi) is 7.68. The minimum Gasteiger partial charge on any atom is -0.481 e. The van der Waals surface area contributed by atoms with E-state index in [4.69, 9.17) is 5.11 Å². The third kappa shape index (κ3) is 4.85. The summed E-state index contributed by atoms with van der Waals surface area (Å²) in [6.07, 6.45) is -14.0. The minimum absolute atomic E-state index is 0.0661. The number of sulfone groups is 1. The van der Waals surface area contributed by atoms with Gasteiger partial charge < -0.3 is 10.4 Å². The zero-order valence-corrected chi connectivity index (χ0v) is 21.8. The van der Waals surface area contributed by atoms with Crippen molar-refractivity contribution in [1.29, 1.82) is 0 Å². The SMILES string of the molecule is O=C(O)CCNC(=O)[C@@H]1CC[C@@]2(S(=O)(=O)c3ccc(F)cc3)c3ccc(C(F)(C(F)(F)F)C(F)(F)F)cc3CC[C@@H]12. The molecule has 3 atom stereocenters. The molecule has 0 bridgehead atoms. The van der Waals surface area contributed by atoms with Gasteiger partial charge in [-0.1, -0.05) is 18.2 Å². The maximum Gasteiger partial charge on any atom is 0.435 e. The second-order valence-electron chi connectivity index (χ2n) is 10.1. The highest BCUT2D eigenvalue weighted by Crippen LogP contribution is 2.60. The number of aryl methyl sites for hydroxylation is 1. The van der Waals surface area contributed by atoms with Crippen LogP contribution >= 0.6 is 0 Å². The lowest BCUT2D eigenvalue weighted by Gasteiger charge is -2.42. The van der Waals surface area contributed by atoms with Gasteiger partial charge in [0, 0.05) is 18.0 Å². The fraction of sp³-hybridized carbons (Fsp3) is 0.462. The predicted molar refractivity (Wildman–Crippen MR) is 126 cm³/mol. The van der Waals surface area contributed by atoms with Crippen molar-refractivity contribution in [1.82, 2.24) is 5.32 Å². The number of hydrogen-bond donors (Lipinski definition) is 2.